The Balaban J connectivity index is 1.86. The van der Waals surface area contributed by atoms with Gasteiger partial charge in [0.05, 0.1) is 10.6 Å². The second-order valence-electron chi connectivity index (χ2n) is 7.70. The third-order valence-electron chi connectivity index (χ3n) is 5.66. The molecule has 0 saturated heterocycles. The third kappa shape index (κ3) is 4.20. The fraction of sp³-hybridized carbons (Fsp3) is 0.571. The summed E-state index contributed by atoms with van der Waals surface area (Å²) in [6.45, 7) is 12.2. The minimum atomic E-state index is -0.323. The van der Waals surface area contributed by atoms with Crippen LogP contribution in [-0.2, 0) is 11.3 Å². The van der Waals surface area contributed by atoms with Gasteiger partial charge in [0.15, 0.2) is 5.16 Å². The highest BCUT2D eigenvalue weighted by Crippen LogP contribution is 2.30. The van der Waals surface area contributed by atoms with Crippen molar-refractivity contribution in [2.24, 2.45) is 5.92 Å². The minimum Gasteiger partial charge on any atom is -0.352 e. The van der Waals surface area contributed by atoms with Gasteiger partial charge in [-0.05, 0) is 45.1 Å². The molecular formula is C21H29N3O2S2. The van der Waals surface area contributed by atoms with Crippen molar-refractivity contribution in [1.29, 1.82) is 0 Å². The smallest absolute Gasteiger partial charge is 0.263 e. The summed E-state index contributed by atoms with van der Waals surface area (Å²) in [4.78, 5) is 32.4. The van der Waals surface area contributed by atoms with Crippen LogP contribution in [0.1, 0.15) is 50.0 Å². The lowest BCUT2D eigenvalue weighted by molar-refractivity contribution is -0.121. The van der Waals surface area contributed by atoms with E-state index in [9.17, 15) is 9.59 Å². The van der Waals surface area contributed by atoms with Crippen LogP contribution in [-0.4, -0.2) is 26.8 Å². The molecule has 3 rings (SSSR count). The number of carbonyl (C=O) groups excluding carboxylic acids is 1. The second kappa shape index (κ2) is 8.82. The van der Waals surface area contributed by atoms with Gasteiger partial charge in [-0.1, -0.05) is 37.6 Å². The number of amides is 1. The maximum Gasteiger partial charge on any atom is 0.263 e. The minimum absolute atomic E-state index is 0.0155. The first-order valence-corrected chi connectivity index (χ1v) is 11.6. The standard InChI is InChI=1S/C21H29N3O2S2/c1-6-11-24-20(26)17-13(3)14(4)27-19(17)23-21(24)28-15(5)18(25)22-16-10-8-7-9-12(16)2/h6,12,15-16H,1,7-11H2,2-5H3,(H,22,25)/t12-,15-,16+/m0/s1. The number of aryl methyl sites for hydroxylation is 2. The number of nitrogens with one attached hydrogen (secondary N) is 1. The highest BCUT2D eigenvalue weighted by Gasteiger charge is 2.26. The lowest BCUT2D eigenvalue weighted by Gasteiger charge is -2.30. The molecule has 0 aliphatic heterocycles. The van der Waals surface area contributed by atoms with Gasteiger partial charge < -0.3 is 5.32 Å². The quantitative estimate of drug-likeness (QED) is 0.427. The zero-order chi connectivity index (χ0) is 20.4. The van der Waals surface area contributed by atoms with Crippen LogP contribution in [0, 0.1) is 19.8 Å². The van der Waals surface area contributed by atoms with Crippen molar-refractivity contribution in [3.8, 4) is 0 Å². The number of fused-ring (bicyclic) bond motifs is 1. The first-order valence-electron chi connectivity index (χ1n) is 9.92. The van der Waals surface area contributed by atoms with Crippen molar-refractivity contribution >= 4 is 39.2 Å². The lowest BCUT2D eigenvalue weighted by Crippen LogP contribution is -2.44. The van der Waals surface area contributed by atoms with E-state index >= 15 is 0 Å². The summed E-state index contributed by atoms with van der Waals surface area (Å²) in [6, 6.07) is 0.248. The Hall–Kier alpha value is -1.60. The average molecular weight is 420 g/mol. The third-order valence-corrected chi connectivity index (χ3v) is 7.85. The number of carbonyl (C=O) groups is 1. The molecule has 1 N–H and O–H groups in total. The predicted octanol–water partition coefficient (Wildman–Crippen LogP) is 4.44. The van der Waals surface area contributed by atoms with Gasteiger partial charge >= 0.3 is 0 Å². The van der Waals surface area contributed by atoms with Gasteiger partial charge in [0, 0.05) is 17.5 Å². The van der Waals surface area contributed by atoms with Crippen molar-refractivity contribution in [1.82, 2.24) is 14.9 Å². The topological polar surface area (TPSA) is 64.0 Å². The summed E-state index contributed by atoms with van der Waals surface area (Å²) in [5.74, 6) is 0.530. The van der Waals surface area contributed by atoms with Crippen LogP contribution in [0.25, 0.3) is 10.2 Å². The Bertz CT molecular complexity index is 947. The van der Waals surface area contributed by atoms with Crippen molar-refractivity contribution < 1.29 is 4.79 Å². The predicted molar refractivity (Wildman–Crippen MR) is 118 cm³/mol. The maximum absolute atomic E-state index is 13.1. The average Bonchev–Trinajstić information content (AvgIpc) is 2.94. The molecule has 2 aromatic rings. The summed E-state index contributed by atoms with van der Waals surface area (Å²) in [5, 5.41) is 4.15. The molecule has 0 bridgehead atoms. The first-order chi connectivity index (χ1) is 13.3. The fourth-order valence-electron chi connectivity index (χ4n) is 3.73. The van der Waals surface area contributed by atoms with Gasteiger partial charge in [-0.15, -0.1) is 17.9 Å². The van der Waals surface area contributed by atoms with Crippen molar-refractivity contribution in [3.63, 3.8) is 0 Å². The Kier molecular flexibility index (Phi) is 6.65. The Labute approximate surface area is 174 Å². The molecular weight excluding hydrogens is 390 g/mol. The molecule has 0 unspecified atom stereocenters. The number of rotatable bonds is 6. The van der Waals surface area contributed by atoms with E-state index in [4.69, 9.17) is 4.98 Å². The van der Waals surface area contributed by atoms with E-state index in [1.807, 2.05) is 20.8 Å². The molecule has 1 saturated carbocycles. The van der Waals surface area contributed by atoms with Gasteiger partial charge in [-0.3, -0.25) is 14.2 Å². The summed E-state index contributed by atoms with van der Waals surface area (Å²) in [7, 11) is 0. The Morgan fingerprint density at radius 2 is 2.14 bits per heavy atom. The second-order valence-corrected chi connectivity index (χ2v) is 10.2. The van der Waals surface area contributed by atoms with E-state index in [1.54, 1.807) is 10.6 Å². The van der Waals surface area contributed by atoms with E-state index in [0.29, 0.717) is 23.0 Å². The van der Waals surface area contributed by atoms with Crippen molar-refractivity contribution in [3.05, 3.63) is 33.4 Å². The van der Waals surface area contributed by atoms with Gasteiger partial charge in [-0.2, -0.15) is 0 Å². The Morgan fingerprint density at radius 1 is 1.43 bits per heavy atom. The molecule has 7 heteroatoms. The molecule has 2 heterocycles. The summed E-state index contributed by atoms with van der Waals surface area (Å²) < 4.78 is 1.63. The number of hydrogen-bond acceptors (Lipinski definition) is 5. The monoisotopic (exact) mass is 419 g/mol. The van der Waals surface area contributed by atoms with E-state index in [-0.39, 0.29) is 22.8 Å². The summed E-state index contributed by atoms with van der Waals surface area (Å²) in [5.41, 5.74) is 0.937. The van der Waals surface area contributed by atoms with E-state index in [0.717, 1.165) is 21.7 Å². The van der Waals surface area contributed by atoms with E-state index in [1.165, 1.54) is 42.4 Å². The molecule has 1 aliphatic rings. The van der Waals surface area contributed by atoms with Gasteiger partial charge in [-0.25, -0.2) is 4.98 Å². The first kappa shape index (κ1) is 21.1. The molecule has 28 heavy (non-hydrogen) atoms. The summed E-state index contributed by atoms with van der Waals surface area (Å²) in [6.07, 6.45) is 6.33. The Morgan fingerprint density at radius 3 is 2.82 bits per heavy atom. The largest absolute Gasteiger partial charge is 0.352 e. The highest BCUT2D eigenvalue weighted by molar-refractivity contribution is 8.00. The molecule has 1 amide bonds. The van der Waals surface area contributed by atoms with Gasteiger partial charge in [0.2, 0.25) is 5.91 Å². The maximum atomic E-state index is 13.1. The molecule has 0 spiro atoms. The van der Waals surface area contributed by atoms with Crippen molar-refractivity contribution in [2.45, 2.75) is 76.4 Å². The normalized spacial score (nSPS) is 20.9. The SMILES string of the molecule is C=CCn1c(S[C@@H](C)C(=O)N[C@@H]2CCCC[C@@H]2C)nc2sc(C)c(C)c2c1=O. The molecule has 0 aromatic carbocycles. The zero-order valence-electron chi connectivity index (χ0n) is 17.1. The van der Waals surface area contributed by atoms with Crippen LogP contribution < -0.4 is 10.9 Å². The number of thioether (sulfide) groups is 1. The molecule has 152 valence electrons. The van der Waals surface area contributed by atoms with Crippen LogP contribution in [0.2, 0.25) is 0 Å². The number of aromatic nitrogens is 2. The zero-order valence-corrected chi connectivity index (χ0v) is 18.7. The molecule has 1 aliphatic carbocycles. The van der Waals surface area contributed by atoms with Crippen LogP contribution in [0.5, 0.6) is 0 Å². The molecule has 3 atom stereocenters. The van der Waals surface area contributed by atoms with E-state index in [2.05, 4.69) is 18.8 Å². The van der Waals surface area contributed by atoms with Crippen LogP contribution in [0.15, 0.2) is 22.6 Å². The van der Waals surface area contributed by atoms with Crippen LogP contribution >= 0.6 is 23.1 Å². The molecule has 1 fully saturated rings. The number of nitrogens with zero attached hydrogens (tertiary/aromatic N) is 2. The molecule has 2 aromatic heterocycles. The van der Waals surface area contributed by atoms with Gasteiger partial charge in [0.25, 0.3) is 5.56 Å². The highest BCUT2D eigenvalue weighted by atomic mass is 32.2. The lowest BCUT2D eigenvalue weighted by atomic mass is 9.86. The van der Waals surface area contributed by atoms with Gasteiger partial charge in [0.1, 0.15) is 4.83 Å². The van der Waals surface area contributed by atoms with Crippen molar-refractivity contribution in [2.75, 3.05) is 0 Å². The molecule has 5 nitrogen and oxygen atoms in total. The number of hydrogen-bond donors (Lipinski definition) is 1. The number of allylic oxidation sites excluding steroid dienone is 1. The fourth-order valence-corrected chi connectivity index (χ4v) is 5.73. The molecule has 0 radical (unpaired) electrons. The summed E-state index contributed by atoms with van der Waals surface area (Å²) >= 11 is 2.88. The number of thiophene rings is 1. The van der Waals surface area contributed by atoms with Crippen LogP contribution in [0.3, 0.4) is 0 Å². The van der Waals surface area contributed by atoms with Crippen LogP contribution in [0.4, 0.5) is 0 Å². The van der Waals surface area contributed by atoms with E-state index < -0.39 is 0 Å².